The van der Waals surface area contributed by atoms with Crippen LogP contribution in [0.1, 0.15) is 18.5 Å². The molecule has 0 radical (unpaired) electrons. The van der Waals surface area contributed by atoms with Crippen LogP contribution in [0, 0.1) is 0 Å². The van der Waals surface area contributed by atoms with Gasteiger partial charge in [-0.05, 0) is 6.92 Å². The Balaban J connectivity index is 0.000000342. The highest BCUT2D eigenvalue weighted by Gasteiger charge is 2.23. The molecule has 0 saturated carbocycles. The second-order valence-corrected chi connectivity index (χ2v) is 3.86. The molecule has 7 heteroatoms. The van der Waals surface area contributed by atoms with E-state index in [1.54, 1.807) is 0 Å². The van der Waals surface area contributed by atoms with Gasteiger partial charge in [-0.3, -0.25) is 0 Å². The third kappa shape index (κ3) is 6.51. The van der Waals surface area contributed by atoms with E-state index in [0.29, 0.717) is 6.04 Å². The highest BCUT2D eigenvalue weighted by Crippen LogP contribution is 2.04. The predicted molar refractivity (Wildman–Crippen MR) is 62.4 cm³/mol. The van der Waals surface area contributed by atoms with Crippen LogP contribution in [-0.2, 0) is 9.59 Å². The third-order valence-electron chi connectivity index (χ3n) is 2.16. The second kappa shape index (κ2) is 8.20. The predicted octanol–water partition coefficient (Wildman–Crippen LogP) is -2.47. The van der Waals surface area contributed by atoms with Crippen LogP contribution >= 0.6 is 0 Å². The van der Waals surface area contributed by atoms with Crippen molar-refractivity contribution in [2.24, 2.45) is 0 Å². The summed E-state index contributed by atoms with van der Waals surface area (Å²) in [6.07, 6.45) is -4.71. The highest BCUT2D eigenvalue weighted by molar-refractivity contribution is 5.81. The molecule has 0 heterocycles. The maximum absolute atomic E-state index is 9.74. The van der Waals surface area contributed by atoms with Gasteiger partial charge in [0.25, 0.3) is 0 Å². The minimum absolute atomic E-state index is 0.409. The average molecular weight is 271 g/mol. The van der Waals surface area contributed by atoms with Crippen LogP contribution in [0.15, 0.2) is 30.3 Å². The zero-order valence-corrected chi connectivity index (χ0v) is 10.4. The zero-order valence-electron chi connectivity index (χ0n) is 10.4. The first-order valence-electron chi connectivity index (χ1n) is 5.45. The lowest BCUT2D eigenvalue weighted by molar-refractivity contribution is -0.420. The highest BCUT2D eigenvalue weighted by atomic mass is 16.4. The van der Waals surface area contributed by atoms with E-state index in [1.165, 1.54) is 5.56 Å². The summed E-state index contributed by atoms with van der Waals surface area (Å²) in [5.41, 5.74) is 5.21. The first kappa shape index (κ1) is 17.0. The zero-order chi connectivity index (χ0) is 15.0. The number of rotatable bonds is 4. The normalized spacial score (nSPS) is 14.5. The lowest BCUT2D eigenvalue weighted by Crippen LogP contribution is -2.51. The fourth-order valence-electron chi connectivity index (χ4n) is 1.05. The summed E-state index contributed by atoms with van der Waals surface area (Å²) >= 11 is 0. The van der Waals surface area contributed by atoms with Gasteiger partial charge in [-0.2, -0.15) is 0 Å². The van der Waals surface area contributed by atoms with Gasteiger partial charge in [0, 0.05) is 5.56 Å². The molecule has 0 spiro atoms. The Kier molecular flexibility index (Phi) is 7.35. The first-order valence-corrected chi connectivity index (χ1v) is 5.45. The number of quaternary nitrogens is 1. The Morgan fingerprint density at radius 2 is 1.63 bits per heavy atom. The SMILES string of the molecule is CC([NH3+])c1ccccc1.O=C([O-])C(O)C(O)C(=O)O. The Bertz CT molecular complexity index is 388. The molecule has 7 nitrogen and oxygen atoms in total. The summed E-state index contributed by atoms with van der Waals surface area (Å²) in [6, 6.07) is 10.7. The summed E-state index contributed by atoms with van der Waals surface area (Å²) in [5, 5.41) is 34.1. The molecular formula is C12H17NO6. The smallest absolute Gasteiger partial charge is 0.335 e. The van der Waals surface area contributed by atoms with Gasteiger partial charge in [-0.1, -0.05) is 30.3 Å². The van der Waals surface area contributed by atoms with Gasteiger partial charge in [-0.25, -0.2) is 4.79 Å². The van der Waals surface area contributed by atoms with Crippen LogP contribution in [0.25, 0.3) is 0 Å². The molecule has 106 valence electrons. The van der Waals surface area contributed by atoms with E-state index in [9.17, 15) is 14.7 Å². The summed E-state index contributed by atoms with van der Waals surface area (Å²) in [7, 11) is 0. The molecule has 0 bridgehead atoms. The lowest BCUT2D eigenvalue weighted by Gasteiger charge is -2.13. The van der Waals surface area contributed by atoms with Crippen LogP contribution in [-0.4, -0.2) is 39.5 Å². The summed E-state index contributed by atoms with van der Waals surface area (Å²) in [4.78, 5) is 19.4. The van der Waals surface area contributed by atoms with Crippen molar-refractivity contribution in [2.45, 2.75) is 25.2 Å². The van der Waals surface area contributed by atoms with Crippen LogP contribution in [0.2, 0.25) is 0 Å². The molecule has 0 aliphatic rings. The van der Waals surface area contributed by atoms with Gasteiger partial charge in [0.1, 0.15) is 12.1 Å². The topological polar surface area (TPSA) is 146 Å². The molecule has 3 atom stereocenters. The Morgan fingerprint density at radius 3 is 1.84 bits per heavy atom. The van der Waals surface area contributed by atoms with Crippen molar-refractivity contribution < 1.29 is 35.7 Å². The number of carbonyl (C=O) groups excluding carboxylic acids is 1. The van der Waals surface area contributed by atoms with E-state index in [4.69, 9.17) is 15.3 Å². The van der Waals surface area contributed by atoms with Gasteiger partial charge < -0.3 is 31.0 Å². The third-order valence-corrected chi connectivity index (χ3v) is 2.16. The molecule has 0 fully saturated rings. The van der Waals surface area contributed by atoms with Crippen molar-refractivity contribution in [3.63, 3.8) is 0 Å². The molecule has 0 saturated heterocycles. The van der Waals surface area contributed by atoms with E-state index in [-0.39, 0.29) is 0 Å². The molecule has 0 amide bonds. The van der Waals surface area contributed by atoms with Gasteiger partial charge in [0.15, 0.2) is 6.10 Å². The number of carboxylic acids is 2. The fraction of sp³-hybridized carbons (Fsp3) is 0.333. The van der Waals surface area contributed by atoms with E-state index in [2.05, 4.69) is 24.8 Å². The Hall–Kier alpha value is -1.96. The monoisotopic (exact) mass is 271 g/mol. The van der Waals surface area contributed by atoms with Crippen molar-refractivity contribution in [1.82, 2.24) is 0 Å². The number of aliphatic hydroxyl groups is 2. The van der Waals surface area contributed by atoms with Gasteiger partial charge in [0.05, 0.1) is 5.97 Å². The number of hydrogen-bond donors (Lipinski definition) is 4. The number of hydrogen-bond acceptors (Lipinski definition) is 5. The molecule has 1 rings (SSSR count). The van der Waals surface area contributed by atoms with Crippen molar-refractivity contribution >= 4 is 11.9 Å². The van der Waals surface area contributed by atoms with E-state index >= 15 is 0 Å². The Labute approximate surface area is 109 Å². The minimum atomic E-state index is -2.38. The molecule has 3 unspecified atom stereocenters. The largest absolute Gasteiger partial charge is 0.547 e. The molecule has 19 heavy (non-hydrogen) atoms. The second-order valence-electron chi connectivity index (χ2n) is 3.86. The van der Waals surface area contributed by atoms with Crippen LogP contribution in [0.4, 0.5) is 0 Å². The molecule has 1 aromatic rings. The molecular weight excluding hydrogens is 254 g/mol. The van der Waals surface area contributed by atoms with Crippen LogP contribution < -0.4 is 10.8 Å². The van der Waals surface area contributed by atoms with Crippen molar-refractivity contribution in [1.29, 1.82) is 0 Å². The number of carboxylic acid groups (broad SMARTS) is 2. The molecule has 6 N–H and O–H groups in total. The number of benzene rings is 1. The van der Waals surface area contributed by atoms with Gasteiger partial charge in [-0.15, -0.1) is 0 Å². The molecule has 1 aromatic carbocycles. The van der Waals surface area contributed by atoms with E-state index < -0.39 is 24.1 Å². The van der Waals surface area contributed by atoms with Crippen molar-refractivity contribution in [3.05, 3.63) is 35.9 Å². The maximum Gasteiger partial charge on any atom is 0.335 e. The number of aliphatic carboxylic acids is 2. The Morgan fingerprint density at radius 1 is 1.16 bits per heavy atom. The van der Waals surface area contributed by atoms with Crippen molar-refractivity contribution in [3.8, 4) is 0 Å². The first-order chi connectivity index (χ1) is 8.77. The van der Waals surface area contributed by atoms with Gasteiger partial charge in [0.2, 0.25) is 0 Å². The summed E-state index contributed by atoms with van der Waals surface area (Å²) in [6.45, 7) is 2.09. The van der Waals surface area contributed by atoms with Crippen molar-refractivity contribution in [2.75, 3.05) is 0 Å². The lowest BCUT2D eigenvalue weighted by atomic mass is 10.1. The quantitative estimate of drug-likeness (QED) is 0.477. The summed E-state index contributed by atoms with van der Waals surface area (Å²) < 4.78 is 0. The number of carbonyl (C=O) groups is 2. The number of aliphatic hydroxyl groups excluding tert-OH is 2. The molecule has 0 aliphatic carbocycles. The van der Waals surface area contributed by atoms with Crippen LogP contribution in [0.3, 0.4) is 0 Å². The fourth-order valence-corrected chi connectivity index (χ4v) is 1.05. The average Bonchev–Trinajstić information content (AvgIpc) is 2.38. The van der Waals surface area contributed by atoms with E-state index in [1.807, 2.05) is 18.2 Å². The standard InChI is InChI=1S/C8H11N.C4H6O6/c1-7(9)8-5-3-2-4-6-8;5-1(3(7)8)2(6)4(9)10/h2-7H,9H2,1H3;1-2,5-6H,(H,7,8)(H,9,10). The minimum Gasteiger partial charge on any atom is -0.547 e. The van der Waals surface area contributed by atoms with Gasteiger partial charge >= 0.3 is 5.97 Å². The summed E-state index contributed by atoms with van der Waals surface area (Å²) in [5.74, 6) is -3.83. The molecule has 0 aromatic heterocycles. The maximum atomic E-state index is 9.74. The van der Waals surface area contributed by atoms with Crippen LogP contribution in [0.5, 0.6) is 0 Å². The van der Waals surface area contributed by atoms with E-state index in [0.717, 1.165) is 0 Å². The molecule has 0 aliphatic heterocycles.